The molecule has 0 atom stereocenters. The zero-order valence-corrected chi connectivity index (χ0v) is 16.9. The van der Waals surface area contributed by atoms with Crippen LogP contribution in [-0.4, -0.2) is 64.7 Å². The maximum atomic E-state index is 12.8. The van der Waals surface area contributed by atoms with Gasteiger partial charge in [-0.1, -0.05) is 36.4 Å². The topological polar surface area (TPSA) is 67.7 Å². The molecule has 1 aromatic heterocycles. The van der Waals surface area contributed by atoms with Crippen molar-refractivity contribution in [1.82, 2.24) is 19.6 Å². The number of aromatic nitrogens is 2. The average Bonchev–Trinajstić information content (AvgIpc) is 3.27. The molecule has 4 rings (SSSR count). The minimum Gasteiger partial charge on any atom is -0.497 e. The van der Waals surface area contributed by atoms with Gasteiger partial charge in [0.2, 0.25) is 0 Å². The summed E-state index contributed by atoms with van der Waals surface area (Å²) in [6, 6.07) is 17.1. The Bertz CT molecular complexity index is 1020. The Hall–Kier alpha value is -3.61. The second kappa shape index (κ2) is 8.82. The van der Waals surface area contributed by atoms with E-state index in [2.05, 4.69) is 5.10 Å². The first-order chi connectivity index (χ1) is 14.6. The van der Waals surface area contributed by atoms with Gasteiger partial charge in [0.1, 0.15) is 5.75 Å². The number of rotatable bonds is 5. The quantitative estimate of drug-likeness (QED) is 0.655. The number of ether oxygens (including phenoxy) is 1. The van der Waals surface area contributed by atoms with Gasteiger partial charge in [0.15, 0.2) is 0 Å². The fourth-order valence-electron chi connectivity index (χ4n) is 3.56. The summed E-state index contributed by atoms with van der Waals surface area (Å²) >= 11 is 0. The number of benzene rings is 2. The molecule has 0 unspecified atom stereocenters. The van der Waals surface area contributed by atoms with Crippen molar-refractivity contribution in [3.05, 3.63) is 83.7 Å². The lowest BCUT2D eigenvalue weighted by Crippen LogP contribution is -2.50. The fraction of sp³-hybridized carbons (Fsp3) is 0.261. The van der Waals surface area contributed by atoms with Crippen LogP contribution in [0, 0.1) is 0 Å². The summed E-state index contributed by atoms with van der Waals surface area (Å²) in [6.07, 6.45) is 3.39. The van der Waals surface area contributed by atoms with E-state index in [1.165, 1.54) is 0 Å². The molecule has 0 spiro atoms. The third-order valence-electron chi connectivity index (χ3n) is 5.24. The van der Waals surface area contributed by atoms with Crippen LogP contribution in [0.3, 0.4) is 0 Å². The van der Waals surface area contributed by atoms with Crippen molar-refractivity contribution in [2.24, 2.45) is 0 Å². The predicted octanol–water partition coefficient (Wildman–Crippen LogP) is 2.54. The van der Waals surface area contributed by atoms with Crippen molar-refractivity contribution >= 4 is 11.8 Å². The number of hydrogen-bond acceptors (Lipinski definition) is 4. The van der Waals surface area contributed by atoms with Gasteiger partial charge < -0.3 is 14.5 Å². The molecule has 2 heterocycles. The maximum absolute atomic E-state index is 12.8. The molecule has 3 aromatic rings. The molecule has 0 aliphatic carbocycles. The number of hydrogen-bond donors (Lipinski definition) is 0. The van der Waals surface area contributed by atoms with Gasteiger partial charge in [-0.3, -0.25) is 14.3 Å². The van der Waals surface area contributed by atoms with E-state index in [0.717, 1.165) is 5.56 Å². The van der Waals surface area contributed by atoms with Crippen LogP contribution >= 0.6 is 0 Å². The lowest BCUT2D eigenvalue weighted by atomic mass is 10.1. The van der Waals surface area contributed by atoms with E-state index in [4.69, 9.17) is 4.74 Å². The Morgan fingerprint density at radius 1 is 0.900 bits per heavy atom. The monoisotopic (exact) mass is 404 g/mol. The maximum Gasteiger partial charge on any atom is 0.257 e. The van der Waals surface area contributed by atoms with E-state index in [1.54, 1.807) is 52.2 Å². The molecule has 1 aliphatic heterocycles. The van der Waals surface area contributed by atoms with Crippen LogP contribution < -0.4 is 4.74 Å². The van der Waals surface area contributed by atoms with Crippen LogP contribution in [0.2, 0.25) is 0 Å². The first-order valence-corrected chi connectivity index (χ1v) is 9.93. The Morgan fingerprint density at radius 3 is 2.23 bits per heavy atom. The number of nitrogens with zero attached hydrogens (tertiary/aromatic N) is 4. The van der Waals surface area contributed by atoms with Gasteiger partial charge >= 0.3 is 0 Å². The van der Waals surface area contributed by atoms with Crippen molar-refractivity contribution in [3.63, 3.8) is 0 Å². The van der Waals surface area contributed by atoms with Gasteiger partial charge in [0.25, 0.3) is 11.8 Å². The van der Waals surface area contributed by atoms with Gasteiger partial charge in [0, 0.05) is 37.9 Å². The molecule has 0 saturated carbocycles. The molecule has 7 nitrogen and oxygen atoms in total. The standard InChI is InChI=1S/C23H24N4O3/c1-30-21-9-5-8-19(14-21)22(28)25-10-12-26(13-11-25)23(29)20-15-24-27(17-20)16-18-6-3-2-4-7-18/h2-9,14-15,17H,10-13,16H2,1H3. The van der Waals surface area contributed by atoms with Gasteiger partial charge in [-0.25, -0.2) is 0 Å². The van der Waals surface area contributed by atoms with Gasteiger partial charge in [0.05, 0.1) is 25.4 Å². The highest BCUT2D eigenvalue weighted by Crippen LogP contribution is 2.16. The van der Waals surface area contributed by atoms with E-state index >= 15 is 0 Å². The number of methoxy groups -OCH3 is 1. The van der Waals surface area contributed by atoms with Gasteiger partial charge in [-0.2, -0.15) is 5.10 Å². The Kier molecular flexibility index (Phi) is 5.79. The highest BCUT2D eigenvalue weighted by molar-refractivity contribution is 5.96. The Balaban J connectivity index is 1.35. The largest absolute Gasteiger partial charge is 0.497 e. The van der Waals surface area contributed by atoms with E-state index in [-0.39, 0.29) is 11.8 Å². The normalized spacial score (nSPS) is 13.9. The second-order valence-electron chi connectivity index (χ2n) is 7.23. The van der Waals surface area contributed by atoms with E-state index < -0.39 is 0 Å². The molecule has 1 saturated heterocycles. The van der Waals surface area contributed by atoms with E-state index in [9.17, 15) is 9.59 Å². The van der Waals surface area contributed by atoms with E-state index in [1.807, 2.05) is 36.4 Å². The zero-order chi connectivity index (χ0) is 20.9. The smallest absolute Gasteiger partial charge is 0.257 e. The minimum absolute atomic E-state index is 0.0447. The first-order valence-electron chi connectivity index (χ1n) is 9.93. The molecule has 1 aliphatic rings. The molecular formula is C23H24N4O3. The minimum atomic E-state index is -0.0530. The molecule has 0 N–H and O–H groups in total. The molecule has 30 heavy (non-hydrogen) atoms. The second-order valence-corrected chi connectivity index (χ2v) is 7.23. The molecule has 2 amide bonds. The molecule has 154 valence electrons. The highest BCUT2D eigenvalue weighted by atomic mass is 16.5. The van der Waals surface area contributed by atoms with Crippen molar-refractivity contribution in [2.75, 3.05) is 33.3 Å². The van der Waals surface area contributed by atoms with E-state index in [0.29, 0.717) is 49.6 Å². The molecule has 7 heteroatoms. The Labute approximate surface area is 175 Å². The summed E-state index contributed by atoms with van der Waals surface area (Å²) in [5.41, 5.74) is 2.29. The highest BCUT2D eigenvalue weighted by Gasteiger charge is 2.26. The number of carbonyl (C=O) groups excluding carboxylic acids is 2. The van der Waals surface area contributed by atoms with Crippen LogP contribution in [0.25, 0.3) is 0 Å². The zero-order valence-electron chi connectivity index (χ0n) is 16.9. The molecule has 2 aromatic carbocycles. The lowest BCUT2D eigenvalue weighted by molar-refractivity contribution is 0.0535. The summed E-state index contributed by atoms with van der Waals surface area (Å²) in [7, 11) is 1.58. The first kappa shape index (κ1) is 19.7. The number of piperazine rings is 1. The predicted molar refractivity (Wildman–Crippen MR) is 113 cm³/mol. The summed E-state index contributed by atoms with van der Waals surface area (Å²) in [6.45, 7) is 2.62. The Morgan fingerprint density at radius 2 is 1.57 bits per heavy atom. The van der Waals surface area contributed by atoms with Gasteiger partial charge in [-0.05, 0) is 23.8 Å². The summed E-state index contributed by atoms with van der Waals surface area (Å²) < 4.78 is 6.97. The van der Waals surface area contributed by atoms with Gasteiger partial charge in [-0.15, -0.1) is 0 Å². The molecular weight excluding hydrogens is 380 g/mol. The molecule has 0 radical (unpaired) electrons. The molecule has 1 fully saturated rings. The van der Waals surface area contributed by atoms with Crippen LogP contribution in [0.5, 0.6) is 5.75 Å². The van der Waals surface area contributed by atoms with Crippen molar-refractivity contribution < 1.29 is 14.3 Å². The van der Waals surface area contributed by atoms with Crippen LogP contribution in [0.4, 0.5) is 0 Å². The van der Waals surface area contributed by atoms with Crippen molar-refractivity contribution in [1.29, 1.82) is 0 Å². The number of amides is 2. The average molecular weight is 404 g/mol. The number of carbonyl (C=O) groups is 2. The van der Waals surface area contributed by atoms with Crippen molar-refractivity contribution in [3.8, 4) is 5.75 Å². The molecule has 0 bridgehead atoms. The third kappa shape index (κ3) is 4.35. The summed E-state index contributed by atoms with van der Waals surface area (Å²) in [4.78, 5) is 29.1. The van der Waals surface area contributed by atoms with Crippen LogP contribution in [-0.2, 0) is 6.54 Å². The van der Waals surface area contributed by atoms with Crippen LogP contribution in [0.15, 0.2) is 67.0 Å². The lowest BCUT2D eigenvalue weighted by Gasteiger charge is -2.34. The summed E-state index contributed by atoms with van der Waals surface area (Å²) in [5, 5.41) is 4.32. The van der Waals surface area contributed by atoms with Crippen LogP contribution in [0.1, 0.15) is 26.3 Å². The fourth-order valence-corrected chi connectivity index (χ4v) is 3.56. The van der Waals surface area contributed by atoms with Crippen molar-refractivity contribution in [2.45, 2.75) is 6.54 Å². The SMILES string of the molecule is COc1cccc(C(=O)N2CCN(C(=O)c3cnn(Cc4ccccc4)c3)CC2)c1. The summed E-state index contributed by atoms with van der Waals surface area (Å²) in [5.74, 6) is 0.557. The third-order valence-corrected chi connectivity index (χ3v) is 5.24.